The van der Waals surface area contributed by atoms with Crippen LogP contribution in [0.15, 0.2) is 30.3 Å². The number of nitrogens with zero attached hydrogens (tertiary/aromatic N) is 2. The van der Waals surface area contributed by atoms with E-state index in [-0.39, 0.29) is 18.5 Å². The van der Waals surface area contributed by atoms with Crippen molar-refractivity contribution in [3.8, 4) is 0 Å². The quantitative estimate of drug-likeness (QED) is 0.815. The molecule has 0 aromatic heterocycles. The van der Waals surface area contributed by atoms with Crippen LogP contribution in [-0.4, -0.2) is 48.6 Å². The third kappa shape index (κ3) is 5.30. The van der Waals surface area contributed by atoms with Crippen LogP contribution in [0.5, 0.6) is 0 Å². The van der Waals surface area contributed by atoms with Crippen molar-refractivity contribution in [2.45, 2.75) is 19.9 Å². The van der Waals surface area contributed by atoms with Gasteiger partial charge in [-0.25, -0.2) is 0 Å². The first-order valence-corrected chi connectivity index (χ1v) is 6.79. The second-order valence-electron chi connectivity index (χ2n) is 5.27. The molecule has 1 aromatic carbocycles. The number of carbonyl (C=O) groups is 2. The Morgan fingerprint density at radius 2 is 1.76 bits per heavy atom. The molecule has 1 N–H and O–H groups in total. The van der Waals surface area contributed by atoms with Gasteiger partial charge in [-0.3, -0.25) is 9.59 Å². The van der Waals surface area contributed by atoms with Crippen LogP contribution in [0.25, 0.3) is 6.08 Å². The van der Waals surface area contributed by atoms with E-state index in [2.05, 4.69) is 0 Å². The minimum atomic E-state index is -1.01. The van der Waals surface area contributed by atoms with Gasteiger partial charge in [0, 0.05) is 31.9 Å². The number of aliphatic carboxylic acids is 1. The standard InChI is InChI=1S/C16H22N2O3/c1-12(2)18(11-16(20)21)15(19)10-7-13-5-8-14(9-6-13)17(3)4/h5-10,12H,11H2,1-4H3,(H,20,21)/b10-7+. The molecular weight excluding hydrogens is 268 g/mol. The Kier molecular flexibility index (Phi) is 5.96. The molecule has 0 unspecified atom stereocenters. The van der Waals surface area contributed by atoms with E-state index in [4.69, 9.17) is 5.11 Å². The number of hydrogen-bond acceptors (Lipinski definition) is 3. The lowest BCUT2D eigenvalue weighted by atomic mass is 10.2. The highest BCUT2D eigenvalue weighted by molar-refractivity contribution is 5.93. The van der Waals surface area contributed by atoms with Crippen LogP contribution in [0.3, 0.4) is 0 Å². The molecule has 5 nitrogen and oxygen atoms in total. The van der Waals surface area contributed by atoms with Gasteiger partial charge in [-0.05, 0) is 37.6 Å². The van der Waals surface area contributed by atoms with E-state index < -0.39 is 5.97 Å². The first kappa shape index (κ1) is 16.8. The molecule has 114 valence electrons. The van der Waals surface area contributed by atoms with Crippen molar-refractivity contribution in [1.82, 2.24) is 4.90 Å². The predicted octanol–water partition coefficient (Wildman–Crippen LogP) is 2.09. The molecule has 1 rings (SSSR count). The third-order valence-corrected chi connectivity index (χ3v) is 3.04. The Morgan fingerprint density at radius 1 is 1.19 bits per heavy atom. The Bertz CT molecular complexity index is 519. The molecule has 0 spiro atoms. The van der Waals surface area contributed by atoms with Crippen LogP contribution < -0.4 is 4.90 Å². The summed E-state index contributed by atoms with van der Waals surface area (Å²) in [5.41, 5.74) is 1.97. The van der Waals surface area contributed by atoms with Crippen LogP contribution in [0.2, 0.25) is 0 Å². The second kappa shape index (κ2) is 7.47. The molecule has 0 saturated carbocycles. The normalized spacial score (nSPS) is 10.9. The predicted molar refractivity (Wildman–Crippen MR) is 84.3 cm³/mol. The van der Waals surface area contributed by atoms with E-state index in [1.54, 1.807) is 19.9 Å². The molecule has 0 saturated heterocycles. The lowest BCUT2D eigenvalue weighted by molar-refractivity contribution is -0.143. The Hall–Kier alpha value is -2.30. The van der Waals surface area contributed by atoms with Crippen molar-refractivity contribution in [2.24, 2.45) is 0 Å². The number of hydrogen-bond donors (Lipinski definition) is 1. The first-order valence-electron chi connectivity index (χ1n) is 6.79. The summed E-state index contributed by atoms with van der Waals surface area (Å²) in [5.74, 6) is -1.31. The Morgan fingerprint density at radius 3 is 2.19 bits per heavy atom. The number of rotatable bonds is 6. The molecule has 0 radical (unpaired) electrons. The maximum absolute atomic E-state index is 12.0. The average Bonchev–Trinajstić information content (AvgIpc) is 2.42. The summed E-state index contributed by atoms with van der Waals surface area (Å²) >= 11 is 0. The first-order chi connectivity index (χ1) is 9.81. The minimum absolute atomic E-state index is 0.158. The van der Waals surface area contributed by atoms with Crippen LogP contribution in [-0.2, 0) is 9.59 Å². The third-order valence-electron chi connectivity index (χ3n) is 3.04. The van der Waals surface area contributed by atoms with Gasteiger partial charge in [0.1, 0.15) is 6.54 Å². The Balaban J connectivity index is 2.77. The van der Waals surface area contributed by atoms with E-state index in [1.807, 2.05) is 43.3 Å². The van der Waals surface area contributed by atoms with Gasteiger partial charge in [-0.2, -0.15) is 0 Å². The summed E-state index contributed by atoms with van der Waals surface area (Å²) in [7, 11) is 3.92. The van der Waals surface area contributed by atoms with Gasteiger partial charge in [-0.15, -0.1) is 0 Å². The van der Waals surface area contributed by atoms with Gasteiger partial charge in [0.05, 0.1) is 0 Å². The van der Waals surface area contributed by atoms with Crippen molar-refractivity contribution < 1.29 is 14.7 Å². The largest absolute Gasteiger partial charge is 0.480 e. The second-order valence-corrected chi connectivity index (χ2v) is 5.27. The van der Waals surface area contributed by atoms with E-state index >= 15 is 0 Å². The van der Waals surface area contributed by atoms with Gasteiger partial charge in [0.2, 0.25) is 5.91 Å². The fourth-order valence-corrected chi connectivity index (χ4v) is 1.81. The summed E-state index contributed by atoms with van der Waals surface area (Å²) in [6.45, 7) is 3.29. The topological polar surface area (TPSA) is 60.9 Å². The molecule has 0 fully saturated rings. The van der Waals surface area contributed by atoms with Crippen LogP contribution >= 0.6 is 0 Å². The van der Waals surface area contributed by atoms with E-state index in [0.29, 0.717) is 0 Å². The number of anilines is 1. The van der Waals surface area contributed by atoms with Gasteiger partial charge in [-0.1, -0.05) is 12.1 Å². The molecule has 0 aliphatic rings. The molecule has 1 aromatic rings. The van der Waals surface area contributed by atoms with Crippen molar-refractivity contribution in [3.05, 3.63) is 35.9 Å². The van der Waals surface area contributed by atoms with Gasteiger partial charge < -0.3 is 14.9 Å². The lowest BCUT2D eigenvalue weighted by Crippen LogP contribution is -2.39. The molecule has 21 heavy (non-hydrogen) atoms. The van der Waals surface area contributed by atoms with Gasteiger partial charge in [0.25, 0.3) is 0 Å². The van der Waals surface area contributed by atoms with Crippen molar-refractivity contribution in [1.29, 1.82) is 0 Å². The zero-order valence-corrected chi connectivity index (χ0v) is 12.9. The van der Waals surface area contributed by atoms with Crippen LogP contribution in [0.4, 0.5) is 5.69 Å². The molecule has 0 aliphatic heterocycles. The Labute approximate surface area is 125 Å². The van der Waals surface area contributed by atoms with Crippen molar-refractivity contribution >= 4 is 23.6 Å². The highest BCUT2D eigenvalue weighted by Crippen LogP contribution is 2.13. The zero-order valence-electron chi connectivity index (χ0n) is 12.9. The summed E-state index contributed by atoms with van der Waals surface area (Å²) in [6, 6.07) is 7.59. The average molecular weight is 290 g/mol. The smallest absolute Gasteiger partial charge is 0.323 e. The van der Waals surface area contributed by atoms with Crippen LogP contribution in [0, 0.1) is 0 Å². The highest BCUT2D eigenvalue weighted by atomic mass is 16.4. The molecule has 0 bridgehead atoms. The number of benzene rings is 1. The van der Waals surface area contributed by atoms with Gasteiger partial charge >= 0.3 is 5.97 Å². The summed E-state index contributed by atoms with van der Waals surface area (Å²) in [4.78, 5) is 26.1. The highest BCUT2D eigenvalue weighted by Gasteiger charge is 2.17. The molecule has 5 heteroatoms. The molecule has 0 aliphatic carbocycles. The molecule has 1 amide bonds. The number of amides is 1. The summed E-state index contributed by atoms with van der Waals surface area (Å²) in [5, 5.41) is 8.83. The molecule has 0 atom stereocenters. The maximum atomic E-state index is 12.0. The minimum Gasteiger partial charge on any atom is -0.480 e. The van der Waals surface area contributed by atoms with Crippen molar-refractivity contribution in [2.75, 3.05) is 25.5 Å². The number of carboxylic acids is 1. The fourth-order valence-electron chi connectivity index (χ4n) is 1.81. The molecular formula is C16H22N2O3. The zero-order chi connectivity index (χ0) is 16.0. The molecule has 0 heterocycles. The fraction of sp³-hybridized carbons (Fsp3) is 0.375. The van der Waals surface area contributed by atoms with E-state index in [1.165, 1.54) is 11.0 Å². The van der Waals surface area contributed by atoms with Crippen molar-refractivity contribution in [3.63, 3.8) is 0 Å². The summed E-state index contributed by atoms with van der Waals surface area (Å²) in [6.07, 6.45) is 3.10. The van der Waals surface area contributed by atoms with E-state index in [0.717, 1.165) is 11.3 Å². The van der Waals surface area contributed by atoms with Crippen LogP contribution in [0.1, 0.15) is 19.4 Å². The number of carbonyl (C=O) groups excluding carboxylic acids is 1. The maximum Gasteiger partial charge on any atom is 0.323 e. The number of carboxylic acid groups (broad SMARTS) is 1. The SMILES string of the molecule is CC(C)N(CC(=O)O)C(=O)/C=C/c1ccc(N(C)C)cc1. The monoisotopic (exact) mass is 290 g/mol. The van der Waals surface area contributed by atoms with Gasteiger partial charge in [0.15, 0.2) is 0 Å². The summed E-state index contributed by atoms with van der Waals surface area (Å²) < 4.78 is 0. The van der Waals surface area contributed by atoms with E-state index in [9.17, 15) is 9.59 Å². The lowest BCUT2D eigenvalue weighted by Gasteiger charge is -2.23.